The van der Waals surface area contributed by atoms with Crippen LogP contribution in [-0.4, -0.2) is 11.1 Å². The van der Waals surface area contributed by atoms with Gasteiger partial charge in [0, 0.05) is 23.5 Å². The van der Waals surface area contributed by atoms with Crippen molar-refractivity contribution in [2.75, 3.05) is 10.6 Å². The number of aryl methyl sites for hydroxylation is 1. The van der Waals surface area contributed by atoms with Gasteiger partial charge in [-0.05, 0) is 13.0 Å². The van der Waals surface area contributed by atoms with Gasteiger partial charge < -0.3 is 15.2 Å². The van der Waals surface area contributed by atoms with Gasteiger partial charge in [-0.25, -0.2) is 0 Å². The Kier molecular flexibility index (Phi) is 2.37. The number of rotatable bonds is 2. The van der Waals surface area contributed by atoms with Crippen LogP contribution < -0.4 is 10.6 Å². The third-order valence-electron chi connectivity index (χ3n) is 2.70. The van der Waals surface area contributed by atoms with Crippen LogP contribution in [0.4, 0.5) is 11.5 Å². The van der Waals surface area contributed by atoms with Gasteiger partial charge in [-0.2, -0.15) is 0 Å². The van der Waals surface area contributed by atoms with Crippen LogP contribution in [0.1, 0.15) is 11.3 Å². The van der Waals surface area contributed by atoms with Crippen LogP contribution in [0.15, 0.2) is 41.1 Å². The molecule has 2 aromatic rings. The lowest BCUT2D eigenvalue weighted by molar-refractivity contribution is -0.110. The molecule has 0 atom stereocenters. The van der Waals surface area contributed by atoms with Crippen molar-refractivity contribution in [3.63, 3.8) is 0 Å². The molecular weight excluding hydrogens is 230 g/mol. The number of nitrogens with zero attached hydrogens (tertiary/aromatic N) is 1. The van der Waals surface area contributed by atoms with Gasteiger partial charge in [0.25, 0.3) is 5.91 Å². The van der Waals surface area contributed by atoms with E-state index >= 15 is 0 Å². The first kappa shape index (κ1) is 10.6. The van der Waals surface area contributed by atoms with E-state index in [2.05, 4.69) is 15.8 Å². The van der Waals surface area contributed by atoms with Gasteiger partial charge in [0.2, 0.25) is 0 Å². The van der Waals surface area contributed by atoms with Crippen LogP contribution >= 0.6 is 0 Å². The first-order valence-electron chi connectivity index (χ1n) is 5.55. The molecule has 90 valence electrons. The molecule has 3 rings (SSSR count). The Morgan fingerprint density at radius 3 is 3.00 bits per heavy atom. The molecule has 1 aromatic heterocycles. The van der Waals surface area contributed by atoms with Crippen molar-refractivity contribution in [1.29, 1.82) is 0 Å². The number of carbonyl (C=O) groups is 1. The number of carbonyl (C=O) groups excluding carboxylic acids is 1. The van der Waals surface area contributed by atoms with Gasteiger partial charge in [-0.15, -0.1) is 0 Å². The first-order chi connectivity index (χ1) is 8.74. The number of anilines is 2. The maximum absolute atomic E-state index is 11.8. The average Bonchev–Trinajstić information content (AvgIpc) is 2.90. The lowest BCUT2D eigenvalue weighted by atomic mass is 10.1. The topological polar surface area (TPSA) is 67.2 Å². The fourth-order valence-corrected chi connectivity index (χ4v) is 1.86. The van der Waals surface area contributed by atoms with Gasteiger partial charge in [0.05, 0.1) is 5.57 Å². The second-order valence-electron chi connectivity index (χ2n) is 4.02. The second kappa shape index (κ2) is 4.03. The van der Waals surface area contributed by atoms with Gasteiger partial charge in [0.1, 0.15) is 5.76 Å². The highest BCUT2D eigenvalue weighted by molar-refractivity contribution is 6.31. The highest BCUT2D eigenvalue weighted by Gasteiger charge is 2.23. The summed E-state index contributed by atoms with van der Waals surface area (Å²) in [5, 5.41) is 9.54. The number of benzene rings is 1. The second-order valence-corrected chi connectivity index (χ2v) is 4.02. The minimum atomic E-state index is -0.121. The SMILES string of the molecule is Cc1cc(N/C=C2/C(=O)Nc3ccccc32)no1. The van der Waals surface area contributed by atoms with Crippen molar-refractivity contribution in [3.8, 4) is 0 Å². The van der Waals surface area contributed by atoms with Gasteiger partial charge in [0.15, 0.2) is 5.82 Å². The lowest BCUT2D eigenvalue weighted by Crippen LogP contribution is -2.05. The third-order valence-corrected chi connectivity index (χ3v) is 2.70. The summed E-state index contributed by atoms with van der Waals surface area (Å²) in [7, 11) is 0. The van der Waals surface area contributed by atoms with Crippen molar-refractivity contribution in [2.24, 2.45) is 0 Å². The van der Waals surface area contributed by atoms with Crippen LogP contribution in [0, 0.1) is 6.92 Å². The molecule has 1 amide bonds. The van der Waals surface area contributed by atoms with E-state index < -0.39 is 0 Å². The molecule has 5 nitrogen and oxygen atoms in total. The number of nitrogens with one attached hydrogen (secondary N) is 2. The molecule has 2 N–H and O–H groups in total. The Bertz CT molecular complexity index is 643. The van der Waals surface area contributed by atoms with Crippen molar-refractivity contribution in [1.82, 2.24) is 5.16 Å². The molecule has 0 spiro atoms. The third kappa shape index (κ3) is 1.75. The summed E-state index contributed by atoms with van der Waals surface area (Å²) in [6.07, 6.45) is 1.64. The van der Waals surface area contributed by atoms with E-state index in [1.54, 1.807) is 12.3 Å². The molecule has 1 aliphatic heterocycles. The van der Waals surface area contributed by atoms with E-state index in [1.807, 2.05) is 31.2 Å². The van der Waals surface area contributed by atoms with E-state index in [9.17, 15) is 4.79 Å². The standard InChI is InChI=1S/C13H11N3O2/c1-8-6-12(16-18-8)14-7-10-9-4-2-3-5-11(9)15-13(10)17/h2-7H,1H3,(H,14,16)(H,15,17)/b10-7+. The van der Waals surface area contributed by atoms with Gasteiger partial charge in [-0.3, -0.25) is 4.79 Å². The number of hydrogen-bond donors (Lipinski definition) is 2. The minimum absolute atomic E-state index is 0.121. The average molecular weight is 241 g/mol. The molecule has 0 aliphatic carbocycles. The number of fused-ring (bicyclic) bond motifs is 1. The number of amides is 1. The molecule has 0 saturated carbocycles. The van der Waals surface area contributed by atoms with Crippen molar-refractivity contribution >= 4 is 23.0 Å². The van der Waals surface area contributed by atoms with E-state index in [4.69, 9.17) is 4.52 Å². The maximum Gasteiger partial charge on any atom is 0.257 e. The Labute approximate surface area is 103 Å². The van der Waals surface area contributed by atoms with Crippen LogP contribution in [0.2, 0.25) is 0 Å². The molecular formula is C13H11N3O2. The van der Waals surface area contributed by atoms with E-state index in [1.165, 1.54) is 0 Å². The molecule has 1 aliphatic rings. The number of para-hydroxylation sites is 1. The molecule has 0 unspecified atom stereocenters. The molecule has 0 saturated heterocycles. The van der Waals surface area contributed by atoms with E-state index in [-0.39, 0.29) is 5.91 Å². The van der Waals surface area contributed by atoms with Crippen LogP contribution in [0.5, 0.6) is 0 Å². The summed E-state index contributed by atoms with van der Waals surface area (Å²) in [6.45, 7) is 1.81. The minimum Gasteiger partial charge on any atom is -0.360 e. The van der Waals surface area contributed by atoms with E-state index in [0.717, 1.165) is 11.3 Å². The quantitative estimate of drug-likeness (QED) is 0.792. The summed E-state index contributed by atoms with van der Waals surface area (Å²) in [5.74, 6) is 1.17. The Morgan fingerprint density at radius 1 is 1.39 bits per heavy atom. The molecule has 5 heteroatoms. The maximum atomic E-state index is 11.8. The molecule has 0 bridgehead atoms. The molecule has 0 fully saturated rings. The smallest absolute Gasteiger partial charge is 0.257 e. The number of hydrogen-bond acceptors (Lipinski definition) is 4. The van der Waals surface area contributed by atoms with Gasteiger partial charge in [-0.1, -0.05) is 23.4 Å². The molecule has 2 heterocycles. The normalized spacial score (nSPS) is 15.6. The summed E-state index contributed by atoms with van der Waals surface area (Å²) in [6, 6.07) is 9.31. The Morgan fingerprint density at radius 2 is 2.22 bits per heavy atom. The molecule has 1 aromatic carbocycles. The summed E-state index contributed by atoms with van der Waals surface area (Å²) >= 11 is 0. The molecule has 0 radical (unpaired) electrons. The summed E-state index contributed by atoms with van der Waals surface area (Å²) < 4.78 is 4.93. The summed E-state index contributed by atoms with van der Waals surface area (Å²) in [4.78, 5) is 11.8. The summed E-state index contributed by atoms with van der Waals surface area (Å²) in [5.41, 5.74) is 2.30. The zero-order valence-corrected chi connectivity index (χ0v) is 9.73. The predicted molar refractivity (Wildman–Crippen MR) is 67.9 cm³/mol. The van der Waals surface area contributed by atoms with Gasteiger partial charge >= 0.3 is 0 Å². The van der Waals surface area contributed by atoms with Crippen LogP contribution in [0.25, 0.3) is 5.57 Å². The monoisotopic (exact) mass is 241 g/mol. The zero-order valence-electron chi connectivity index (χ0n) is 9.73. The highest BCUT2D eigenvalue weighted by Crippen LogP contribution is 2.30. The fraction of sp³-hybridized carbons (Fsp3) is 0.0769. The van der Waals surface area contributed by atoms with Crippen molar-refractivity contribution in [3.05, 3.63) is 47.9 Å². The fourth-order valence-electron chi connectivity index (χ4n) is 1.86. The number of aromatic nitrogens is 1. The lowest BCUT2D eigenvalue weighted by Gasteiger charge is -1.97. The highest BCUT2D eigenvalue weighted by atomic mass is 16.5. The zero-order chi connectivity index (χ0) is 12.5. The predicted octanol–water partition coefficient (Wildman–Crippen LogP) is 2.39. The van der Waals surface area contributed by atoms with Crippen LogP contribution in [-0.2, 0) is 4.79 Å². The largest absolute Gasteiger partial charge is 0.360 e. The van der Waals surface area contributed by atoms with Crippen molar-refractivity contribution < 1.29 is 9.32 Å². The first-order valence-corrected chi connectivity index (χ1v) is 5.55. The van der Waals surface area contributed by atoms with Crippen molar-refractivity contribution in [2.45, 2.75) is 6.92 Å². The molecule has 18 heavy (non-hydrogen) atoms. The Hall–Kier alpha value is -2.56. The van der Waals surface area contributed by atoms with E-state index in [0.29, 0.717) is 17.2 Å². The Balaban J connectivity index is 1.90. The van der Waals surface area contributed by atoms with Crippen LogP contribution in [0.3, 0.4) is 0 Å².